The quantitative estimate of drug-likeness (QED) is 0.755. The van der Waals surface area contributed by atoms with Crippen molar-refractivity contribution in [2.45, 2.75) is 39.0 Å². The van der Waals surface area contributed by atoms with Crippen molar-refractivity contribution in [3.63, 3.8) is 0 Å². The first kappa shape index (κ1) is 16.8. The van der Waals surface area contributed by atoms with Gasteiger partial charge in [0.25, 0.3) is 0 Å². The molecular weight excluding hydrogens is 322 g/mol. The third-order valence-electron chi connectivity index (χ3n) is 4.33. The summed E-state index contributed by atoms with van der Waals surface area (Å²) in [4.78, 5) is 12.0. The lowest BCUT2D eigenvalue weighted by Crippen LogP contribution is -2.13. The Morgan fingerprint density at radius 1 is 1.17 bits per heavy atom. The summed E-state index contributed by atoms with van der Waals surface area (Å²) >= 11 is 5.99. The summed E-state index contributed by atoms with van der Waals surface area (Å²) in [7, 11) is 0. The molecule has 0 fully saturated rings. The fourth-order valence-electron chi connectivity index (χ4n) is 3.00. The van der Waals surface area contributed by atoms with Crippen molar-refractivity contribution in [2.75, 3.05) is 11.9 Å². The van der Waals surface area contributed by atoms with Crippen LogP contribution in [0.2, 0.25) is 5.02 Å². The van der Waals surface area contributed by atoms with Gasteiger partial charge in [-0.15, -0.1) is 0 Å². The van der Waals surface area contributed by atoms with Crippen LogP contribution in [0, 0.1) is 6.92 Å². The number of benzene rings is 2. The molecule has 1 aliphatic rings. The number of aryl methyl sites for hydroxylation is 3. The predicted octanol–water partition coefficient (Wildman–Crippen LogP) is 4.93. The van der Waals surface area contributed by atoms with E-state index >= 15 is 0 Å². The fraction of sp³-hybridized carbons (Fsp3) is 0.350. The number of carbonyl (C=O) groups excluding carboxylic acids is 1. The average Bonchev–Trinajstić information content (AvgIpc) is 3.02. The van der Waals surface area contributed by atoms with Gasteiger partial charge in [-0.1, -0.05) is 17.7 Å². The molecule has 3 nitrogen and oxygen atoms in total. The van der Waals surface area contributed by atoms with Crippen molar-refractivity contribution >= 4 is 23.2 Å². The summed E-state index contributed by atoms with van der Waals surface area (Å²) < 4.78 is 5.66. The number of hydrogen-bond acceptors (Lipinski definition) is 2. The first-order chi connectivity index (χ1) is 11.6. The van der Waals surface area contributed by atoms with E-state index in [-0.39, 0.29) is 5.91 Å². The van der Waals surface area contributed by atoms with Crippen LogP contribution in [0.4, 0.5) is 5.69 Å². The van der Waals surface area contributed by atoms with E-state index in [0.717, 1.165) is 34.9 Å². The fourth-order valence-corrected chi connectivity index (χ4v) is 3.12. The van der Waals surface area contributed by atoms with Gasteiger partial charge in [0.1, 0.15) is 5.75 Å². The SMILES string of the molecule is Cc1cc(OCCCC(=O)Nc2ccc3c(c2)CCC3)ccc1Cl. The lowest BCUT2D eigenvalue weighted by molar-refractivity contribution is -0.116. The maximum atomic E-state index is 12.0. The number of ether oxygens (including phenoxy) is 1. The number of anilines is 1. The Labute approximate surface area is 148 Å². The van der Waals surface area contributed by atoms with E-state index in [2.05, 4.69) is 17.4 Å². The molecule has 0 heterocycles. The van der Waals surface area contributed by atoms with Crippen LogP contribution < -0.4 is 10.1 Å². The highest BCUT2D eigenvalue weighted by Crippen LogP contribution is 2.25. The Morgan fingerprint density at radius 3 is 2.83 bits per heavy atom. The highest BCUT2D eigenvalue weighted by atomic mass is 35.5. The summed E-state index contributed by atoms with van der Waals surface area (Å²) in [6.45, 7) is 2.46. The third kappa shape index (κ3) is 4.30. The molecular formula is C20H22ClNO2. The van der Waals surface area contributed by atoms with E-state index in [1.165, 1.54) is 17.5 Å². The van der Waals surface area contributed by atoms with Crippen molar-refractivity contribution in [3.8, 4) is 5.75 Å². The molecule has 0 unspecified atom stereocenters. The number of fused-ring (bicyclic) bond motifs is 1. The lowest BCUT2D eigenvalue weighted by atomic mass is 10.1. The minimum Gasteiger partial charge on any atom is -0.494 e. The van der Waals surface area contributed by atoms with Crippen LogP contribution in [-0.4, -0.2) is 12.5 Å². The number of nitrogens with one attached hydrogen (secondary N) is 1. The van der Waals surface area contributed by atoms with E-state index in [4.69, 9.17) is 16.3 Å². The Hall–Kier alpha value is -2.00. The van der Waals surface area contributed by atoms with Gasteiger partial charge in [0.2, 0.25) is 5.91 Å². The van der Waals surface area contributed by atoms with E-state index in [9.17, 15) is 4.79 Å². The molecule has 1 aliphatic carbocycles. The maximum Gasteiger partial charge on any atom is 0.224 e. The average molecular weight is 344 g/mol. The van der Waals surface area contributed by atoms with Gasteiger partial charge in [-0.05, 0) is 79.6 Å². The van der Waals surface area contributed by atoms with Crippen LogP contribution in [0.3, 0.4) is 0 Å². The van der Waals surface area contributed by atoms with Gasteiger partial charge in [-0.3, -0.25) is 4.79 Å². The smallest absolute Gasteiger partial charge is 0.224 e. The normalized spacial score (nSPS) is 12.8. The molecule has 2 aromatic rings. The summed E-state index contributed by atoms with van der Waals surface area (Å²) in [5.41, 5.74) is 4.67. The van der Waals surface area contributed by atoms with Crippen LogP contribution in [-0.2, 0) is 17.6 Å². The largest absolute Gasteiger partial charge is 0.494 e. The Kier molecular flexibility index (Phi) is 5.41. The number of carbonyl (C=O) groups is 1. The Balaban J connectivity index is 1.42. The summed E-state index contributed by atoms with van der Waals surface area (Å²) in [5.74, 6) is 0.819. The second-order valence-corrected chi connectivity index (χ2v) is 6.66. The molecule has 126 valence electrons. The molecule has 0 saturated carbocycles. The first-order valence-corrected chi connectivity index (χ1v) is 8.80. The molecule has 1 N–H and O–H groups in total. The lowest BCUT2D eigenvalue weighted by Gasteiger charge is -2.09. The second-order valence-electron chi connectivity index (χ2n) is 6.25. The van der Waals surface area contributed by atoms with Crippen molar-refractivity contribution in [1.82, 2.24) is 0 Å². The third-order valence-corrected chi connectivity index (χ3v) is 4.75. The molecule has 3 rings (SSSR count). The number of halogens is 1. The summed E-state index contributed by atoms with van der Waals surface area (Å²) in [6.07, 6.45) is 4.62. The highest BCUT2D eigenvalue weighted by Gasteiger charge is 2.11. The molecule has 0 bridgehead atoms. The second kappa shape index (κ2) is 7.71. The zero-order valence-corrected chi connectivity index (χ0v) is 14.7. The minimum atomic E-state index is 0.0313. The van der Waals surface area contributed by atoms with Gasteiger partial charge < -0.3 is 10.1 Å². The summed E-state index contributed by atoms with van der Waals surface area (Å²) in [5, 5.41) is 3.71. The topological polar surface area (TPSA) is 38.3 Å². The Bertz CT molecular complexity index is 742. The van der Waals surface area contributed by atoms with E-state index in [1.807, 2.05) is 31.2 Å². The highest BCUT2D eigenvalue weighted by molar-refractivity contribution is 6.31. The molecule has 0 saturated heterocycles. The molecule has 4 heteroatoms. The minimum absolute atomic E-state index is 0.0313. The van der Waals surface area contributed by atoms with Crippen molar-refractivity contribution in [1.29, 1.82) is 0 Å². The zero-order chi connectivity index (χ0) is 16.9. The molecule has 0 radical (unpaired) electrons. The van der Waals surface area contributed by atoms with Gasteiger partial charge in [-0.25, -0.2) is 0 Å². The molecule has 1 amide bonds. The molecule has 24 heavy (non-hydrogen) atoms. The van der Waals surface area contributed by atoms with Crippen LogP contribution in [0.15, 0.2) is 36.4 Å². The van der Waals surface area contributed by atoms with Gasteiger partial charge in [0.15, 0.2) is 0 Å². The van der Waals surface area contributed by atoms with E-state index in [1.54, 1.807) is 0 Å². The molecule has 2 aromatic carbocycles. The van der Waals surface area contributed by atoms with Gasteiger partial charge >= 0.3 is 0 Å². The number of rotatable bonds is 6. The van der Waals surface area contributed by atoms with E-state index in [0.29, 0.717) is 19.4 Å². The van der Waals surface area contributed by atoms with E-state index < -0.39 is 0 Å². The Morgan fingerprint density at radius 2 is 2.00 bits per heavy atom. The van der Waals surface area contributed by atoms with Crippen LogP contribution in [0.5, 0.6) is 5.75 Å². The van der Waals surface area contributed by atoms with Gasteiger partial charge in [0.05, 0.1) is 6.61 Å². The summed E-state index contributed by atoms with van der Waals surface area (Å²) in [6, 6.07) is 11.8. The first-order valence-electron chi connectivity index (χ1n) is 8.42. The monoisotopic (exact) mass is 343 g/mol. The van der Waals surface area contributed by atoms with Crippen LogP contribution >= 0.6 is 11.6 Å². The maximum absolute atomic E-state index is 12.0. The standard InChI is InChI=1S/C20H22ClNO2/c1-14-12-18(9-10-19(14)21)24-11-3-6-20(23)22-17-8-7-15-4-2-5-16(15)13-17/h7-10,12-13H,2-6,11H2,1H3,(H,22,23). The van der Waals surface area contributed by atoms with Gasteiger partial charge in [-0.2, -0.15) is 0 Å². The number of hydrogen-bond donors (Lipinski definition) is 1. The van der Waals surface area contributed by atoms with Crippen molar-refractivity contribution < 1.29 is 9.53 Å². The zero-order valence-electron chi connectivity index (χ0n) is 13.9. The molecule has 0 aliphatic heterocycles. The molecule has 0 aromatic heterocycles. The van der Waals surface area contributed by atoms with Crippen LogP contribution in [0.25, 0.3) is 0 Å². The van der Waals surface area contributed by atoms with Crippen LogP contribution in [0.1, 0.15) is 36.0 Å². The van der Waals surface area contributed by atoms with Crippen molar-refractivity contribution in [2.24, 2.45) is 0 Å². The molecule has 0 atom stereocenters. The molecule has 0 spiro atoms. The number of amides is 1. The predicted molar refractivity (Wildman–Crippen MR) is 98.0 cm³/mol. The van der Waals surface area contributed by atoms with Gasteiger partial charge in [0, 0.05) is 17.1 Å². The van der Waals surface area contributed by atoms with Crippen molar-refractivity contribution in [3.05, 3.63) is 58.1 Å².